The number of carboxylic acid groups (broad SMARTS) is 1. The van der Waals surface area contributed by atoms with E-state index in [0.29, 0.717) is 0 Å². The Morgan fingerprint density at radius 1 is 1.45 bits per heavy atom. The molecule has 0 aromatic rings. The SMILES string of the molecule is O=C(O)CC1=CC=CC=CS1. The highest BCUT2D eigenvalue weighted by atomic mass is 32.2. The molecule has 1 heterocycles. The lowest BCUT2D eigenvalue weighted by atomic mass is 10.3. The van der Waals surface area contributed by atoms with Crippen LogP contribution in [0.15, 0.2) is 34.6 Å². The van der Waals surface area contributed by atoms with Crippen LogP contribution < -0.4 is 0 Å². The molecule has 2 nitrogen and oxygen atoms in total. The molecule has 0 bridgehead atoms. The summed E-state index contributed by atoms with van der Waals surface area (Å²) in [5.41, 5.74) is 0. The topological polar surface area (TPSA) is 37.3 Å². The lowest BCUT2D eigenvalue weighted by molar-refractivity contribution is -0.136. The fourth-order valence-corrected chi connectivity index (χ4v) is 1.40. The summed E-state index contributed by atoms with van der Waals surface area (Å²) in [5, 5.41) is 10.3. The highest BCUT2D eigenvalue weighted by Gasteiger charge is 2.02. The molecule has 0 saturated carbocycles. The maximum absolute atomic E-state index is 10.3. The zero-order valence-corrected chi connectivity index (χ0v) is 6.67. The standard InChI is InChI=1S/C8H8O2S/c9-8(10)6-7-4-2-1-3-5-11-7/h1-5H,6H2,(H,9,10). The third kappa shape index (κ3) is 3.09. The van der Waals surface area contributed by atoms with E-state index >= 15 is 0 Å². The van der Waals surface area contributed by atoms with E-state index in [9.17, 15) is 4.79 Å². The lowest BCUT2D eigenvalue weighted by Crippen LogP contribution is -1.93. The van der Waals surface area contributed by atoms with Crippen molar-refractivity contribution in [3.8, 4) is 0 Å². The molecular formula is C8H8O2S. The number of carboxylic acids is 1. The molecule has 0 unspecified atom stereocenters. The van der Waals surface area contributed by atoms with Crippen LogP contribution in [0.1, 0.15) is 6.42 Å². The molecule has 0 radical (unpaired) electrons. The van der Waals surface area contributed by atoms with E-state index in [4.69, 9.17) is 5.11 Å². The summed E-state index contributed by atoms with van der Waals surface area (Å²) >= 11 is 1.45. The molecule has 0 atom stereocenters. The number of rotatable bonds is 2. The average molecular weight is 168 g/mol. The van der Waals surface area contributed by atoms with Gasteiger partial charge in [-0.15, -0.1) is 11.8 Å². The van der Waals surface area contributed by atoms with E-state index in [1.54, 1.807) is 0 Å². The molecule has 0 aromatic carbocycles. The molecule has 0 aliphatic carbocycles. The van der Waals surface area contributed by atoms with Crippen molar-refractivity contribution in [2.45, 2.75) is 6.42 Å². The number of allylic oxidation sites excluding steroid dienone is 4. The minimum absolute atomic E-state index is 0.110. The van der Waals surface area contributed by atoms with Gasteiger partial charge in [-0.3, -0.25) is 4.79 Å². The Hall–Kier alpha value is -0.960. The van der Waals surface area contributed by atoms with E-state index < -0.39 is 5.97 Å². The summed E-state index contributed by atoms with van der Waals surface area (Å²) in [4.78, 5) is 11.1. The minimum Gasteiger partial charge on any atom is -0.481 e. The van der Waals surface area contributed by atoms with Crippen LogP contribution >= 0.6 is 11.8 Å². The molecule has 1 N–H and O–H groups in total. The van der Waals surface area contributed by atoms with Gasteiger partial charge >= 0.3 is 5.97 Å². The molecule has 11 heavy (non-hydrogen) atoms. The number of thioether (sulfide) groups is 1. The van der Waals surface area contributed by atoms with Crippen molar-refractivity contribution >= 4 is 17.7 Å². The predicted molar refractivity (Wildman–Crippen MR) is 46.2 cm³/mol. The van der Waals surface area contributed by atoms with E-state index in [1.165, 1.54) is 11.8 Å². The Labute approximate surface area is 69.3 Å². The molecule has 0 saturated heterocycles. The molecular weight excluding hydrogens is 160 g/mol. The van der Waals surface area contributed by atoms with Crippen LogP contribution in [-0.4, -0.2) is 11.1 Å². The van der Waals surface area contributed by atoms with Gasteiger partial charge in [-0.2, -0.15) is 0 Å². The summed E-state index contributed by atoms with van der Waals surface area (Å²) in [7, 11) is 0. The Balaban J connectivity index is 2.57. The lowest BCUT2D eigenvalue weighted by Gasteiger charge is -1.95. The highest BCUT2D eigenvalue weighted by molar-refractivity contribution is 8.05. The van der Waals surface area contributed by atoms with Crippen molar-refractivity contribution in [2.24, 2.45) is 0 Å². The van der Waals surface area contributed by atoms with Crippen LogP contribution in [-0.2, 0) is 4.79 Å². The van der Waals surface area contributed by atoms with Crippen molar-refractivity contribution in [2.75, 3.05) is 0 Å². The van der Waals surface area contributed by atoms with Gasteiger partial charge in [0.2, 0.25) is 0 Å². The van der Waals surface area contributed by atoms with Crippen LogP contribution in [0.4, 0.5) is 0 Å². The number of hydrogen-bond acceptors (Lipinski definition) is 2. The van der Waals surface area contributed by atoms with Crippen LogP contribution in [0.25, 0.3) is 0 Å². The second kappa shape index (κ2) is 4.03. The molecule has 0 aromatic heterocycles. The minimum atomic E-state index is -0.785. The zero-order valence-electron chi connectivity index (χ0n) is 5.86. The summed E-state index contributed by atoms with van der Waals surface area (Å²) < 4.78 is 0. The fourth-order valence-electron chi connectivity index (χ4n) is 0.688. The largest absolute Gasteiger partial charge is 0.481 e. The van der Waals surface area contributed by atoms with E-state index in [0.717, 1.165) is 4.91 Å². The second-order valence-corrected chi connectivity index (χ2v) is 3.07. The molecule has 0 amide bonds. The van der Waals surface area contributed by atoms with Crippen molar-refractivity contribution < 1.29 is 9.90 Å². The molecule has 1 rings (SSSR count). The maximum atomic E-state index is 10.3. The summed E-state index contributed by atoms with van der Waals surface area (Å²) in [5.74, 6) is -0.785. The Morgan fingerprint density at radius 3 is 3.00 bits per heavy atom. The van der Waals surface area contributed by atoms with Crippen LogP contribution in [0.3, 0.4) is 0 Å². The van der Waals surface area contributed by atoms with Gasteiger partial charge in [0, 0.05) is 4.91 Å². The third-order valence-electron chi connectivity index (χ3n) is 1.13. The van der Waals surface area contributed by atoms with Crippen LogP contribution in [0.5, 0.6) is 0 Å². The monoisotopic (exact) mass is 168 g/mol. The zero-order chi connectivity index (χ0) is 8.10. The van der Waals surface area contributed by atoms with Gasteiger partial charge in [-0.25, -0.2) is 0 Å². The summed E-state index contributed by atoms with van der Waals surface area (Å²) in [6.45, 7) is 0. The first-order valence-corrected chi connectivity index (χ1v) is 4.08. The number of carbonyl (C=O) groups is 1. The average Bonchev–Trinajstić information content (AvgIpc) is 2.14. The first-order chi connectivity index (χ1) is 5.29. The van der Waals surface area contributed by atoms with E-state index in [-0.39, 0.29) is 6.42 Å². The van der Waals surface area contributed by atoms with Gasteiger partial charge in [0.05, 0.1) is 6.42 Å². The van der Waals surface area contributed by atoms with Gasteiger partial charge < -0.3 is 5.11 Å². The Kier molecular flexibility index (Phi) is 2.98. The number of aliphatic carboxylic acids is 1. The fraction of sp³-hybridized carbons (Fsp3) is 0.125. The molecule has 1 aliphatic heterocycles. The molecule has 58 valence electrons. The third-order valence-corrected chi connectivity index (χ3v) is 2.00. The van der Waals surface area contributed by atoms with Gasteiger partial charge in [0.25, 0.3) is 0 Å². The van der Waals surface area contributed by atoms with Gasteiger partial charge in [0.15, 0.2) is 0 Å². The second-order valence-electron chi connectivity index (χ2n) is 2.03. The Bertz CT molecular complexity index is 238. The summed E-state index contributed by atoms with van der Waals surface area (Å²) in [6, 6.07) is 0. The highest BCUT2D eigenvalue weighted by Crippen LogP contribution is 2.22. The molecule has 3 heteroatoms. The maximum Gasteiger partial charge on any atom is 0.308 e. The van der Waals surface area contributed by atoms with Gasteiger partial charge in [-0.05, 0) is 5.41 Å². The van der Waals surface area contributed by atoms with Crippen molar-refractivity contribution in [1.29, 1.82) is 0 Å². The van der Waals surface area contributed by atoms with Gasteiger partial charge in [-0.1, -0.05) is 24.3 Å². The smallest absolute Gasteiger partial charge is 0.308 e. The normalized spacial score (nSPS) is 15.8. The molecule has 0 spiro atoms. The van der Waals surface area contributed by atoms with Crippen LogP contribution in [0.2, 0.25) is 0 Å². The van der Waals surface area contributed by atoms with Crippen molar-refractivity contribution in [3.63, 3.8) is 0 Å². The van der Waals surface area contributed by atoms with Crippen LogP contribution in [0, 0.1) is 0 Å². The molecule has 0 fully saturated rings. The quantitative estimate of drug-likeness (QED) is 0.686. The van der Waals surface area contributed by atoms with E-state index in [2.05, 4.69) is 0 Å². The molecule has 1 aliphatic rings. The first-order valence-electron chi connectivity index (χ1n) is 3.20. The van der Waals surface area contributed by atoms with Crippen molar-refractivity contribution in [1.82, 2.24) is 0 Å². The predicted octanol–water partition coefficient (Wildman–Crippen LogP) is 2.16. The Morgan fingerprint density at radius 2 is 2.27 bits per heavy atom. The van der Waals surface area contributed by atoms with Crippen molar-refractivity contribution in [3.05, 3.63) is 34.6 Å². The van der Waals surface area contributed by atoms with E-state index in [1.807, 2.05) is 29.7 Å². The van der Waals surface area contributed by atoms with Gasteiger partial charge in [0.1, 0.15) is 0 Å². The summed E-state index contributed by atoms with van der Waals surface area (Å²) in [6.07, 6.45) is 7.53. The first kappa shape index (κ1) is 8.14. The number of hydrogen-bond donors (Lipinski definition) is 1.